The van der Waals surface area contributed by atoms with E-state index in [1.165, 1.54) is 69.8 Å². The van der Waals surface area contributed by atoms with Gasteiger partial charge in [-0.05, 0) is 68.6 Å². The Hall–Kier alpha value is -2.41. The Morgan fingerprint density at radius 2 is 1.58 bits per heavy atom. The fourth-order valence-electron chi connectivity index (χ4n) is 6.31. The topological polar surface area (TPSA) is 56.3 Å². The van der Waals surface area contributed by atoms with Gasteiger partial charge in [-0.2, -0.15) is 9.97 Å². The molecule has 194 valence electrons. The second-order valence-corrected chi connectivity index (χ2v) is 11.6. The number of thiocarbonyl (C=S) groups is 1. The van der Waals surface area contributed by atoms with E-state index in [0.717, 1.165) is 44.4 Å². The van der Waals surface area contributed by atoms with Gasteiger partial charge in [0.25, 0.3) is 0 Å². The molecular weight excluding hydrogens is 464 g/mol. The Bertz CT molecular complexity index is 1000. The van der Waals surface area contributed by atoms with Crippen LogP contribution in [0.25, 0.3) is 0 Å². The molecule has 2 saturated heterocycles. The molecule has 1 saturated carbocycles. The molecule has 7 heteroatoms. The molecule has 3 fully saturated rings. The number of benzene rings is 1. The molecule has 1 aliphatic carbocycles. The quantitative estimate of drug-likeness (QED) is 0.474. The first kappa shape index (κ1) is 25.2. The summed E-state index contributed by atoms with van der Waals surface area (Å²) in [5.74, 6) is 3.35. The summed E-state index contributed by atoms with van der Waals surface area (Å²) in [6.45, 7) is 7.42. The Balaban J connectivity index is 1.32. The van der Waals surface area contributed by atoms with Gasteiger partial charge in [-0.1, -0.05) is 56.5 Å². The molecule has 2 N–H and O–H groups in total. The van der Waals surface area contributed by atoms with Crippen LogP contribution in [0.4, 0.5) is 17.6 Å². The third-order valence-electron chi connectivity index (χ3n) is 8.37. The zero-order chi connectivity index (χ0) is 24.8. The largest absolute Gasteiger partial charge is 0.361 e. The summed E-state index contributed by atoms with van der Waals surface area (Å²) in [5, 5.41) is 7.54. The zero-order valence-electron chi connectivity index (χ0n) is 21.8. The van der Waals surface area contributed by atoms with Gasteiger partial charge >= 0.3 is 0 Å². The normalized spacial score (nSPS) is 22.2. The van der Waals surface area contributed by atoms with Gasteiger partial charge in [0.1, 0.15) is 11.6 Å². The van der Waals surface area contributed by atoms with E-state index in [1.54, 1.807) is 0 Å². The van der Waals surface area contributed by atoms with Crippen LogP contribution in [0.15, 0.2) is 36.4 Å². The van der Waals surface area contributed by atoms with E-state index in [9.17, 15) is 0 Å². The lowest BCUT2D eigenvalue weighted by Gasteiger charge is -2.38. The molecule has 36 heavy (non-hydrogen) atoms. The molecular formula is C29H42N6S. The van der Waals surface area contributed by atoms with Crippen LogP contribution in [0.2, 0.25) is 0 Å². The van der Waals surface area contributed by atoms with E-state index in [0.29, 0.717) is 17.0 Å². The average molecular weight is 507 g/mol. The maximum absolute atomic E-state index is 5.79. The second kappa shape index (κ2) is 11.8. The van der Waals surface area contributed by atoms with Crippen molar-refractivity contribution in [2.75, 3.05) is 47.8 Å². The summed E-state index contributed by atoms with van der Waals surface area (Å²) >= 11 is 5.79. The van der Waals surface area contributed by atoms with E-state index in [2.05, 4.69) is 63.8 Å². The van der Waals surface area contributed by atoms with Gasteiger partial charge in [0.05, 0.1) is 0 Å². The summed E-state index contributed by atoms with van der Waals surface area (Å²) in [7, 11) is 0. The third-order valence-corrected chi connectivity index (χ3v) is 8.62. The summed E-state index contributed by atoms with van der Waals surface area (Å²) in [4.78, 5) is 14.7. The first-order valence-corrected chi connectivity index (χ1v) is 14.5. The van der Waals surface area contributed by atoms with Crippen LogP contribution in [0.5, 0.6) is 0 Å². The molecule has 0 amide bonds. The van der Waals surface area contributed by atoms with E-state index < -0.39 is 0 Å². The van der Waals surface area contributed by atoms with Crippen molar-refractivity contribution in [1.29, 1.82) is 0 Å². The molecule has 0 radical (unpaired) electrons. The molecule has 6 nitrogen and oxygen atoms in total. The van der Waals surface area contributed by atoms with E-state index in [4.69, 9.17) is 22.2 Å². The van der Waals surface area contributed by atoms with Crippen molar-refractivity contribution >= 4 is 34.9 Å². The first-order valence-electron chi connectivity index (χ1n) is 14.1. The summed E-state index contributed by atoms with van der Waals surface area (Å²) in [6, 6.07) is 13.2. The molecule has 1 atom stereocenters. The van der Waals surface area contributed by atoms with Crippen molar-refractivity contribution in [1.82, 2.24) is 15.3 Å². The van der Waals surface area contributed by atoms with Crippen molar-refractivity contribution < 1.29 is 0 Å². The van der Waals surface area contributed by atoms with Crippen LogP contribution in [0, 0.1) is 5.92 Å². The van der Waals surface area contributed by atoms with Gasteiger partial charge < -0.3 is 20.4 Å². The van der Waals surface area contributed by atoms with Gasteiger partial charge in [-0.15, -0.1) is 0 Å². The van der Waals surface area contributed by atoms with Gasteiger partial charge in [-0.25, -0.2) is 0 Å². The smallest absolute Gasteiger partial charge is 0.232 e. The van der Waals surface area contributed by atoms with Crippen LogP contribution in [-0.2, 0) is 5.41 Å². The predicted octanol–water partition coefficient (Wildman–Crippen LogP) is 5.89. The number of hydrogen-bond acceptors (Lipinski definition) is 5. The molecule has 0 unspecified atom stereocenters. The number of aromatic nitrogens is 2. The number of hydrogen-bond donors (Lipinski definition) is 2. The van der Waals surface area contributed by atoms with Crippen LogP contribution in [0.3, 0.4) is 0 Å². The highest BCUT2D eigenvalue weighted by atomic mass is 32.1. The molecule has 0 bridgehead atoms. The Kier molecular flexibility index (Phi) is 8.25. The fraction of sp³-hybridized carbons (Fsp3) is 0.621. The lowest BCUT2D eigenvalue weighted by molar-refractivity contribution is 0.292. The highest BCUT2D eigenvalue weighted by Gasteiger charge is 2.34. The molecule has 2 aliphatic heterocycles. The highest BCUT2D eigenvalue weighted by molar-refractivity contribution is 7.80. The van der Waals surface area contributed by atoms with E-state index >= 15 is 0 Å². The summed E-state index contributed by atoms with van der Waals surface area (Å²) < 4.78 is 0. The molecule has 0 spiro atoms. The zero-order valence-corrected chi connectivity index (χ0v) is 22.7. The highest BCUT2D eigenvalue weighted by Crippen LogP contribution is 2.39. The molecule has 1 aromatic heterocycles. The molecule has 1 aromatic carbocycles. The lowest BCUT2D eigenvalue weighted by Crippen LogP contribution is -2.43. The van der Waals surface area contributed by atoms with Crippen LogP contribution in [0.1, 0.15) is 76.7 Å². The van der Waals surface area contributed by atoms with Gasteiger partial charge in [0.2, 0.25) is 5.95 Å². The summed E-state index contributed by atoms with van der Waals surface area (Å²) in [5.41, 5.74) is 1.56. The maximum atomic E-state index is 5.79. The molecule has 3 aliphatic rings. The summed E-state index contributed by atoms with van der Waals surface area (Å²) in [6.07, 6.45) is 12.5. The van der Waals surface area contributed by atoms with Crippen molar-refractivity contribution in [3.63, 3.8) is 0 Å². The Morgan fingerprint density at radius 3 is 2.31 bits per heavy atom. The SMILES string of the molecule is C[C@@H]1CCCN(c2cc(N3CCCCC3)nc(NC(=S)NCC3(c4ccccc4)CCCCC3)n2)C1. The lowest BCUT2D eigenvalue weighted by atomic mass is 9.69. The number of nitrogens with zero attached hydrogens (tertiary/aromatic N) is 4. The average Bonchev–Trinajstić information content (AvgIpc) is 2.93. The van der Waals surface area contributed by atoms with Crippen LogP contribution < -0.4 is 20.4 Å². The second-order valence-electron chi connectivity index (χ2n) is 11.2. The van der Waals surface area contributed by atoms with Gasteiger partial charge in [0.15, 0.2) is 5.11 Å². The van der Waals surface area contributed by atoms with E-state index in [1.807, 2.05) is 0 Å². The van der Waals surface area contributed by atoms with Crippen molar-refractivity contribution in [3.8, 4) is 0 Å². The Morgan fingerprint density at radius 1 is 0.917 bits per heavy atom. The molecule has 5 rings (SSSR count). The van der Waals surface area contributed by atoms with Crippen LogP contribution >= 0.6 is 12.2 Å². The van der Waals surface area contributed by atoms with Gasteiger partial charge in [-0.3, -0.25) is 0 Å². The minimum atomic E-state index is 0.136. The van der Waals surface area contributed by atoms with Crippen molar-refractivity contribution in [2.24, 2.45) is 5.92 Å². The minimum absolute atomic E-state index is 0.136. The fourth-order valence-corrected chi connectivity index (χ4v) is 6.47. The molecule has 2 aromatic rings. The predicted molar refractivity (Wildman–Crippen MR) is 154 cm³/mol. The minimum Gasteiger partial charge on any atom is -0.361 e. The standard InChI is InChI=1S/C29H42N6S/c1-23-12-11-19-35(21-23)26-20-25(34-17-9-4-10-18-34)31-27(32-26)33-28(36)30-22-29(15-7-3-8-16-29)24-13-5-2-6-14-24/h2,5-6,13-14,20,23H,3-4,7-12,15-19,21-22H2,1H3,(H2,30,31,32,33,36)/t23-/m1/s1. The Labute approximate surface area is 222 Å². The first-order chi connectivity index (χ1) is 17.6. The maximum Gasteiger partial charge on any atom is 0.232 e. The number of anilines is 3. The third kappa shape index (κ3) is 6.10. The number of piperidine rings is 2. The van der Waals surface area contributed by atoms with Gasteiger partial charge in [0, 0.05) is 44.2 Å². The number of rotatable bonds is 6. The van der Waals surface area contributed by atoms with E-state index in [-0.39, 0.29) is 5.41 Å². The van der Waals surface area contributed by atoms with Crippen molar-refractivity contribution in [3.05, 3.63) is 42.0 Å². The monoisotopic (exact) mass is 506 g/mol. The van der Waals surface area contributed by atoms with Crippen LogP contribution in [-0.4, -0.2) is 47.8 Å². The van der Waals surface area contributed by atoms with Crippen molar-refractivity contribution in [2.45, 2.75) is 76.5 Å². The number of nitrogens with one attached hydrogen (secondary N) is 2. The molecule has 3 heterocycles.